The number of benzene rings is 3. The van der Waals surface area contributed by atoms with E-state index in [0.29, 0.717) is 61.3 Å². The van der Waals surface area contributed by atoms with Crippen molar-refractivity contribution in [2.24, 2.45) is 0 Å². The van der Waals surface area contributed by atoms with Gasteiger partial charge in [-0.1, -0.05) is 36.4 Å². The number of carbonyl (C=O) groups is 2. The molecular formula is C32H36N2O6. The highest BCUT2D eigenvalue weighted by molar-refractivity contribution is 6.46. The van der Waals surface area contributed by atoms with Crippen LogP contribution in [0.15, 0.2) is 78.4 Å². The number of aliphatic hydroxyl groups is 1. The lowest BCUT2D eigenvalue weighted by Gasteiger charge is -2.27. The molecule has 0 aromatic heterocycles. The van der Waals surface area contributed by atoms with E-state index in [0.717, 1.165) is 5.56 Å². The highest BCUT2D eigenvalue weighted by Crippen LogP contribution is 2.42. The van der Waals surface area contributed by atoms with Gasteiger partial charge in [0.15, 0.2) is 11.5 Å². The number of hydrogen-bond donors (Lipinski definition) is 1. The van der Waals surface area contributed by atoms with Crippen LogP contribution in [0.2, 0.25) is 0 Å². The Morgan fingerprint density at radius 1 is 0.875 bits per heavy atom. The first-order valence-corrected chi connectivity index (χ1v) is 13.4. The van der Waals surface area contributed by atoms with Gasteiger partial charge in [-0.15, -0.1) is 0 Å². The number of hydrogen-bond acceptors (Lipinski definition) is 7. The Morgan fingerprint density at radius 3 is 2.23 bits per heavy atom. The average Bonchev–Trinajstić information content (AvgIpc) is 3.21. The van der Waals surface area contributed by atoms with Crippen LogP contribution in [0.25, 0.3) is 5.76 Å². The summed E-state index contributed by atoms with van der Waals surface area (Å²) in [6, 6.07) is 21.2. The molecule has 8 nitrogen and oxygen atoms in total. The first-order chi connectivity index (χ1) is 19.3. The summed E-state index contributed by atoms with van der Waals surface area (Å²) >= 11 is 0. The lowest BCUT2D eigenvalue weighted by molar-refractivity contribution is -0.140. The summed E-state index contributed by atoms with van der Waals surface area (Å²) in [4.78, 5) is 30.1. The summed E-state index contributed by atoms with van der Waals surface area (Å²) < 4.78 is 17.5. The fourth-order valence-corrected chi connectivity index (χ4v) is 4.61. The van der Waals surface area contributed by atoms with Gasteiger partial charge in [0, 0.05) is 18.7 Å². The van der Waals surface area contributed by atoms with E-state index in [-0.39, 0.29) is 11.3 Å². The molecule has 1 aliphatic rings. The third kappa shape index (κ3) is 6.46. The van der Waals surface area contributed by atoms with Crippen molar-refractivity contribution in [3.63, 3.8) is 0 Å². The van der Waals surface area contributed by atoms with Gasteiger partial charge in [0.2, 0.25) is 0 Å². The van der Waals surface area contributed by atoms with Crippen molar-refractivity contribution in [2.45, 2.75) is 26.5 Å². The van der Waals surface area contributed by atoms with Crippen LogP contribution in [0, 0.1) is 0 Å². The molecule has 1 saturated heterocycles. The largest absolute Gasteiger partial charge is 0.507 e. The second-order valence-corrected chi connectivity index (χ2v) is 9.67. The van der Waals surface area contributed by atoms with Gasteiger partial charge in [0.25, 0.3) is 11.7 Å². The molecule has 1 aliphatic heterocycles. The molecule has 40 heavy (non-hydrogen) atoms. The van der Waals surface area contributed by atoms with Crippen LogP contribution in [-0.2, 0) is 16.2 Å². The molecule has 210 valence electrons. The third-order valence-electron chi connectivity index (χ3n) is 6.59. The zero-order valence-corrected chi connectivity index (χ0v) is 23.4. The first-order valence-electron chi connectivity index (χ1n) is 13.4. The van der Waals surface area contributed by atoms with Gasteiger partial charge in [-0.25, -0.2) is 0 Å². The van der Waals surface area contributed by atoms with Crippen molar-refractivity contribution in [3.05, 3.63) is 95.1 Å². The molecule has 1 unspecified atom stereocenters. The van der Waals surface area contributed by atoms with Crippen molar-refractivity contribution >= 4 is 17.4 Å². The Hall–Kier alpha value is -4.30. The van der Waals surface area contributed by atoms with Crippen LogP contribution >= 0.6 is 0 Å². The highest BCUT2D eigenvalue weighted by atomic mass is 16.5. The molecule has 4 rings (SSSR count). The second kappa shape index (κ2) is 13.2. The minimum absolute atomic E-state index is 0.0355. The van der Waals surface area contributed by atoms with E-state index in [4.69, 9.17) is 14.2 Å². The Morgan fingerprint density at radius 2 is 1.57 bits per heavy atom. The fourth-order valence-electron chi connectivity index (χ4n) is 4.61. The number of aliphatic hydroxyl groups excluding tert-OH is 1. The summed E-state index contributed by atoms with van der Waals surface area (Å²) in [5, 5.41) is 11.4. The number of ketones is 1. The molecule has 1 atom stereocenters. The van der Waals surface area contributed by atoms with Crippen LogP contribution in [0.4, 0.5) is 0 Å². The molecule has 1 N–H and O–H groups in total. The summed E-state index contributed by atoms with van der Waals surface area (Å²) in [7, 11) is 3.80. The van der Waals surface area contributed by atoms with Crippen LogP contribution < -0.4 is 14.2 Å². The van der Waals surface area contributed by atoms with E-state index < -0.39 is 17.7 Å². The predicted molar refractivity (Wildman–Crippen MR) is 154 cm³/mol. The summed E-state index contributed by atoms with van der Waals surface area (Å²) in [5.41, 5.74) is 2.11. The van der Waals surface area contributed by atoms with E-state index in [2.05, 4.69) is 0 Å². The van der Waals surface area contributed by atoms with E-state index in [1.54, 1.807) is 36.4 Å². The zero-order valence-electron chi connectivity index (χ0n) is 23.4. The van der Waals surface area contributed by atoms with Gasteiger partial charge >= 0.3 is 0 Å². The lowest BCUT2D eigenvalue weighted by Crippen LogP contribution is -2.35. The third-order valence-corrected chi connectivity index (χ3v) is 6.59. The molecule has 0 bridgehead atoms. The number of likely N-dealkylation sites (N-methyl/N-ethyl adjacent to an activating group) is 1. The number of ether oxygens (including phenoxy) is 3. The summed E-state index contributed by atoms with van der Waals surface area (Å²) in [5.74, 6) is 0.0798. The molecule has 0 saturated carbocycles. The maximum Gasteiger partial charge on any atom is 0.295 e. The maximum atomic E-state index is 13.4. The van der Waals surface area contributed by atoms with Crippen LogP contribution in [0.1, 0.15) is 36.6 Å². The van der Waals surface area contributed by atoms with E-state index in [1.165, 1.54) is 4.90 Å². The minimum atomic E-state index is -0.797. The summed E-state index contributed by atoms with van der Waals surface area (Å²) in [6.45, 7) is 5.88. The molecule has 8 heteroatoms. The van der Waals surface area contributed by atoms with Crippen LogP contribution in [0.5, 0.6) is 17.2 Å². The highest BCUT2D eigenvalue weighted by Gasteiger charge is 2.46. The van der Waals surface area contributed by atoms with Crippen molar-refractivity contribution in [1.82, 2.24) is 9.80 Å². The normalized spacial score (nSPS) is 16.4. The number of rotatable bonds is 12. The number of Topliss-reactive ketones (excluding diaryl/α,β-unsaturated/α-hetero) is 1. The fraction of sp³-hybridized carbons (Fsp3) is 0.312. The number of amides is 1. The molecule has 0 aliphatic carbocycles. The monoisotopic (exact) mass is 544 g/mol. The van der Waals surface area contributed by atoms with Crippen molar-refractivity contribution in [1.29, 1.82) is 0 Å². The molecule has 0 radical (unpaired) electrons. The molecule has 1 heterocycles. The van der Waals surface area contributed by atoms with Gasteiger partial charge in [0.05, 0.1) is 24.8 Å². The lowest BCUT2D eigenvalue weighted by atomic mass is 9.95. The quantitative estimate of drug-likeness (QED) is 0.194. The van der Waals surface area contributed by atoms with Gasteiger partial charge in [0.1, 0.15) is 18.1 Å². The standard InChI is InChI=1S/C32H36N2O6/c1-5-38-25-15-12-23(13-16-25)30(35)28-29(34(19-18-33(3)4)32(37)31(28)36)24-14-17-26(27(20-24)39-6-2)40-21-22-10-8-7-9-11-22/h7-17,20,29,35H,5-6,18-19,21H2,1-4H3/b30-28+. The molecular weight excluding hydrogens is 508 g/mol. The minimum Gasteiger partial charge on any atom is -0.507 e. The Balaban J connectivity index is 1.75. The first kappa shape index (κ1) is 28.7. The topological polar surface area (TPSA) is 88.5 Å². The molecule has 1 fully saturated rings. The Labute approximate surface area is 235 Å². The SMILES string of the molecule is CCOc1ccc(/C(O)=C2\C(=O)C(=O)N(CCN(C)C)C2c2ccc(OCc3ccccc3)c(OCC)c2)cc1. The molecule has 0 spiro atoms. The number of carbonyl (C=O) groups excluding carboxylic acids is 2. The number of nitrogens with zero attached hydrogens (tertiary/aromatic N) is 2. The van der Waals surface area contributed by atoms with Gasteiger partial charge < -0.3 is 29.1 Å². The zero-order chi connectivity index (χ0) is 28.6. The Bertz CT molecular complexity index is 1350. The van der Waals surface area contributed by atoms with Gasteiger partial charge in [-0.05, 0) is 75.5 Å². The van der Waals surface area contributed by atoms with Crippen LogP contribution in [0.3, 0.4) is 0 Å². The predicted octanol–water partition coefficient (Wildman–Crippen LogP) is 5.05. The average molecular weight is 545 g/mol. The second-order valence-electron chi connectivity index (χ2n) is 9.67. The van der Waals surface area contributed by atoms with Gasteiger partial charge in [-0.3, -0.25) is 9.59 Å². The number of likely N-dealkylation sites (tertiary alicyclic amines) is 1. The van der Waals surface area contributed by atoms with E-state index >= 15 is 0 Å². The molecule has 1 amide bonds. The van der Waals surface area contributed by atoms with Crippen molar-refractivity contribution < 1.29 is 28.9 Å². The van der Waals surface area contributed by atoms with Crippen LogP contribution in [-0.4, -0.2) is 67.0 Å². The van der Waals surface area contributed by atoms with E-state index in [9.17, 15) is 14.7 Å². The maximum absolute atomic E-state index is 13.4. The van der Waals surface area contributed by atoms with Gasteiger partial charge in [-0.2, -0.15) is 0 Å². The summed E-state index contributed by atoms with van der Waals surface area (Å²) in [6.07, 6.45) is 0. The smallest absolute Gasteiger partial charge is 0.295 e. The van der Waals surface area contributed by atoms with Crippen molar-refractivity contribution in [2.75, 3.05) is 40.4 Å². The molecule has 3 aromatic rings. The Kier molecular flexibility index (Phi) is 9.45. The van der Waals surface area contributed by atoms with Crippen molar-refractivity contribution in [3.8, 4) is 17.2 Å². The van der Waals surface area contributed by atoms with E-state index in [1.807, 2.05) is 69.2 Å². The molecule has 3 aromatic carbocycles.